The van der Waals surface area contributed by atoms with Crippen LogP contribution in [0.5, 0.6) is 5.75 Å². The molecule has 0 amide bonds. The highest BCUT2D eigenvalue weighted by molar-refractivity contribution is 5.32. The molecule has 2 heterocycles. The van der Waals surface area contributed by atoms with Crippen LogP contribution in [0.3, 0.4) is 0 Å². The van der Waals surface area contributed by atoms with E-state index in [1.54, 1.807) is 7.11 Å². The van der Waals surface area contributed by atoms with Gasteiger partial charge in [-0.1, -0.05) is 26.0 Å². The number of rotatable bonds is 3. The second-order valence-corrected chi connectivity index (χ2v) is 7.20. The molecule has 0 aliphatic carbocycles. The van der Waals surface area contributed by atoms with E-state index >= 15 is 0 Å². The van der Waals surface area contributed by atoms with Crippen molar-refractivity contribution in [2.24, 2.45) is 5.41 Å². The number of benzene rings is 1. The normalized spacial score (nSPS) is 30.8. The molecule has 0 bridgehead atoms. The molecule has 5 nitrogen and oxygen atoms in total. The van der Waals surface area contributed by atoms with Crippen LogP contribution in [0.2, 0.25) is 0 Å². The third kappa shape index (κ3) is 2.47. The van der Waals surface area contributed by atoms with Crippen LogP contribution in [0, 0.1) is 15.5 Å². The van der Waals surface area contributed by atoms with Crippen molar-refractivity contribution >= 4 is 0 Å². The summed E-state index contributed by atoms with van der Waals surface area (Å²) < 4.78 is 5.21. The molecule has 3 rings (SSSR count). The molecule has 2 saturated heterocycles. The van der Waals surface area contributed by atoms with Crippen molar-refractivity contribution in [1.29, 1.82) is 0 Å². The van der Waals surface area contributed by atoms with Crippen molar-refractivity contribution in [3.8, 4) is 5.75 Å². The molecule has 120 valence electrons. The third-order valence-electron chi connectivity index (χ3n) is 5.32. The summed E-state index contributed by atoms with van der Waals surface area (Å²) in [7, 11) is 1.63. The summed E-state index contributed by atoms with van der Waals surface area (Å²) in [5.41, 5.74) is 0.937. The van der Waals surface area contributed by atoms with Crippen molar-refractivity contribution in [3.63, 3.8) is 0 Å². The van der Waals surface area contributed by atoms with Crippen LogP contribution in [-0.2, 0) is 0 Å². The fraction of sp³-hybridized carbons (Fsp3) is 0.647. The lowest BCUT2D eigenvalue weighted by Gasteiger charge is -2.47. The van der Waals surface area contributed by atoms with Crippen LogP contribution in [0.4, 0.5) is 0 Å². The van der Waals surface area contributed by atoms with Gasteiger partial charge in [-0.2, -0.15) is 0 Å². The summed E-state index contributed by atoms with van der Waals surface area (Å²) in [5, 5.41) is 11.8. The molecular formula is C17H24N2O3. The van der Waals surface area contributed by atoms with Crippen LogP contribution < -0.4 is 4.74 Å². The van der Waals surface area contributed by atoms with Gasteiger partial charge in [0.15, 0.2) is 0 Å². The molecular weight excluding hydrogens is 280 g/mol. The van der Waals surface area contributed by atoms with Crippen LogP contribution in [-0.4, -0.2) is 42.1 Å². The number of nitro groups is 1. The predicted molar refractivity (Wildman–Crippen MR) is 84.9 cm³/mol. The summed E-state index contributed by atoms with van der Waals surface area (Å²) in [6.45, 7) is 6.24. The van der Waals surface area contributed by atoms with Gasteiger partial charge in [0.2, 0.25) is 6.04 Å². The highest BCUT2D eigenvalue weighted by Crippen LogP contribution is 2.48. The second kappa shape index (κ2) is 5.54. The van der Waals surface area contributed by atoms with Crippen molar-refractivity contribution in [2.75, 3.05) is 20.2 Å². The van der Waals surface area contributed by atoms with Gasteiger partial charge in [-0.3, -0.25) is 15.0 Å². The molecule has 5 heteroatoms. The molecule has 1 aromatic carbocycles. The van der Waals surface area contributed by atoms with Gasteiger partial charge in [0, 0.05) is 11.5 Å². The summed E-state index contributed by atoms with van der Waals surface area (Å²) in [6, 6.07) is 7.35. The number of piperidine rings is 1. The molecule has 2 fully saturated rings. The first kappa shape index (κ1) is 15.3. The Balaban J connectivity index is 2.01. The summed E-state index contributed by atoms with van der Waals surface area (Å²) >= 11 is 0. The molecule has 0 saturated carbocycles. The van der Waals surface area contributed by atoms with Gasteiger partial charge in [-0.25, -0.2) is 0 Å². The molecule has 0 aromatic heterocycles. The van der Waals surface area contributed by atoms with E-state index in [-0.39, 0.29) is 22.3 Å². The Morgan fingerprint density at radius 2 is 2.00 bits per heavy atom. The fourth-order valence-electron chi connectivity index (χ4n) is 4.46. The van der Waals surface area contributed by atoms with Crippen LogP contribution in [0.1, 0.15) is 38.2 Å². The Labute approximate surface area is 131 Å². The first-order valence-corrected chi connectivity index (χ1v) is 7.95. The third-order valence-corrected chi connectivity index (χ3v) is 5.32. The molecule has 1 aromatic rings. The minimum Gasteiger partial charge on any atom is -0.497 e. The maximum absolute atomic E-state index is 11.8. The van der Waals surface area contributed by atoms with Gasteiger partial charge < -0.3 is 4.74 Å². The number of nitrogens with zero attached hydrogens (tertiary/aromatic N) is 2. The highest BCUT2D eigenvalue weighted by Gasteiger charge is 2.55. The lowest BCUT2D eigenvalue weighted by atomic mass is 9.66. The molecule has 0 radical (unpaired) electrons. The molecule has 2 aliphatic heterocycles. The number of ether oxygens (including phenoxy) is 1. The first-order valence-electron chi connectivity index (χ1n) is 7.95. The Hall–Kier alpha value is -1.62. The van der Waals surface area contributed by atoms with E-state index in [0.717, 1.165) is 37.2 Å². The topological polar surface area (TPSA) is 55.6 Å². The van der Waals surface area contributed by atoms with Crippen molar-refractivity contribution < 1.29 is 9.66 Å². The van der Waals surface area contributed by atoms with Crippen molar-refractivity contribution in [3.05, 3.63) is 39.9 Å². The average molecular weight is 304 g/mol. The number of methoxy groups -OCH3 is 1. The maximum Gasteiger partial charge on any atom is 0.235 e. The lowest BCUT2D eigenvalue weighted by molar-refractivity contribution is -0.541. The van der Waals surface area contributed by atoms with E-state index in [1.807, 2.05) is 24.3 Å². The SMILES string of the molecule is COc1ccc(C2C([N+](=O)[O-])C3CCCN3CC2(C)C)cc1. The smallest absolute Gasteiger partial charge is 0.235 e. The molecule has 0 N–H and O–H groups in total. The van der Waals surface area contributed by atoms with Crippen LogP contribution >= 0.6 is 0 Å². The van der Waals surface area contributed by atoms with E-state index in [2.05, 4.69) is 18.7 Å². The van der Waals surface area contributed by atoms with E-state index < -0.39 is 6.04 Å². The van der Waals surface area contributed by atoms with E-state index in [0.29, 0.717) is 0 Å². The molecule has 3 atom stereocenters. The maximum atomic E-state index is 11.8. The van der Waals surface area contributed by atoms with E-state index in [1.165, 1.54) is 0 Å². The van der Waals surface area contributed by atoms with Gasteiger partial charge in [0.25, 0.3) is 0 Å². The van der Waals surface area contributed by atoms with E-state index in [4.69, 9.17) is 4.74 Å². The quantitative estimate of drug-likeness (QED) is 0.636. The second-order valence-electron chi connectivity index (χ2n) is 7.20. The zero-order valence-corrected chi connectivity index (χ0v) is 13.5. The zero-order chi connectivity index (χ0) is 15.9. The van der Waals surface area contributed by atoms with E-state index in [9.17, 15) is 10.1 Å². The molecule has 22 heavy (non-hydrogen) atoms. The molecule has 3 unspecified atom stereocenters. The summed E-state index contributed by atoms with van der Waals surface area (Å²) in [6.07, 6.45) is 2.01. The average Bonchev–Trinajstić information content (AvgIpc) is 2.92. The van der Waals surface area contributed by atoms with Gasteiger partial charge in [-0.15, -0.1) is 0 Å². The summed E-state index contributed by atoms with van der Waals surface area (Å²) in [5.74, 6) is 0.727. The van der Waals surface area contributed by atoms with Gasteiger partial charge >= 0.3 is 0 Å². The highest BCUT2D eigenvalue weighted by atomic mass is 16.6. The largest absolute Gasteiger partial charge is 0.497 e. The van der Waals surface area contributed by atoms with Gasteiger partial charge in [0.1, 0.15) is 5.75 Å². The van der Waals surface area contributed by atoms with Crippen molar-refractivity contribution in [2.45, 2.75) is 44.7 Å². The lowest BCUT2D eigenvalue weighted by Crippen LogP contribution is -2.58. The van der Waals surface area contributed by atoms with Gasteiger partial charge in [0.05, 0.1) is 19.1 Å². The Bertz CT molecular complexity index is 556. The standard InChI is InChI=1S/C17H24N2O3/c1-17(2)11-18-10-4-5-14(18)16(19(20)21)15(17)12-6-8-13(22-3)9-7-12/h6-9,14-16H,4-5,10-11H2,1-3H3. The monoisotopic (exact) mass is 304 g/mol. The number of hydrogen-bond acceptors (Lipinski definition) is 4. The molecule has 2 aliphatic rings. The minimum atomic E-state index is -0.528. The van der Waals surface area contributed by atoms with Crippen LogP contribution in [0.25, 0.3) is 0 Å². The fourth-order valence-corrected chi connectivity index (χ4v) is 4.46. The Kier molecular flexibility index (Phi) is 3.85. The summed E-state index contributed by atoms with van der Waals surface area (Å²) in [4.78, 5) is 14.1. The number of hydrogen-bond donors (Lipinski definition) is 0. The minimum absolute atomic E-state index is 0.0429. The van der Waals surface area contributed by atoms with Crippen LogP contribution in [0.15, 0.2) is 24.3 Å². The predicted octanol–water partition coefficient (Wildman–Crippen LogP) is 2.93. The first-order chi connectivity index (χ1) is 10.4. The Morgan fingerprint density at radius 1 is 1.32 bits per heavy atom. The molecule has 0 spiro atoms. The van der Waals surface area contributed by atoms with Gasteiger partial charge in [-0.05, 0) is 42.5 Å². The Morgan fingerprint density at radius 3 is 2.59 bits per heavy atom. The number of fused-ring (bicyclic) bond motifs is 1. The zero-order valence-electron chi connectivity index (χ0n) is 13.5. The van der Waals surface area contributed by atoms with Crippen molar-refractivity contribution in [1.82, 2.24) is 4.90 Å².